The zero-order chi connectivity index (χ0) is 20.6. The number of aryl methyl sites for hydroxylation is 1. The summed E-state index contributed by atoms with van der Waals surface area (Å²) in [5.74, 6) is 0. The molecule has 0 unspecified atom stereocenters. The van der Waals surface area contributed by atoms with Crippen molar-refractivity contribution in [1.29, 1.82) is 10.5 Å². The molecule has 0 aliphatic heterocycles. The SMILES string of the molecule is C/C(C#N)=C\CN(C1(/C=C/CC#N)CCCCC1)S(=O)(=O)c1ccc(C)cc1. The molecule has 0 heterocycles. The van der Waals surface area contributed by atoms with Crippen LogP contribution in [0, 0.1) is 29.6 Å². The summed E-state index contributed by atoms with van der Waals surface area (Å²) in [5, 5.41) is 18.0. The van der Waals surface area contributed by atoms with Crippen LogP contribution in [0.3, 0.4) is 0 Å². The molecule has 0 bridgehead atoms. The quantitative estimate of drug-likeness (QED) is 0.496. The zero-order valence-electron chi connectivity index (χ0n) is 16.6. The standard InChI is InChI=1S/C22H27N3O2S/c1-19-8-10-21(11-9-19)28(26,27)25(17-12-20(2)18-24)22(15-6-7-16-23)13-4-3-5-14-22/h6,8-12,15H,3-5,7,13-14,17H2,1-2H3/b15-6+,20-12+. The molecule has 148 valence electrons. The van der Waals surface area contributed by atoms with Crippen LogP contribution in [0.5, 0.6) is 0 Å². The Hall–Kier alpha value is -2.41. The van der Waals surface area contributed by atoms with Crippen LogP contribution < -0.4 is 0 Å². The minimum Gasteiger partial charge on any atom is -0.207 e. The van der Waals surface area contributed by atoms with Gasteiger partial charge in [-0.25, -0.2) is 8.42 Å². The lowest BCUT2D eigenvalue weighted by atomic mass is 9.81. The topological polar surface area (TPSA) is 85.0 Å². The lowest BCUT2D eigenvalue weighted by Gasteiger charge is -2.43. The van der Waals surface area contributed by atoms with Crippen molar-refractivity contribution in [2.75, 3.05) is 6.54 Å². The Balaban J connectivity index is 2.57. The fourth-order valence-corrected chi connectivity index (χ4v) is 5.34. The number of sulfonamides is 1. The van der Waals surface area contributed by atoms with Crippen LogP contribution in [0.2, 0.25) is 0 Å². The molecular formula is C22H27N3O2S. The van der Waals surface area contributed by atoms with Gasteiger partial charge in [0, 0.05) is 12.1 Å². The minimum absolute atomic E-state index is 0.131. The largest absolute Gasteiger partial charge is 0.244 e. The molecule has 2 rings (SSSR count). The molecule has 0 radical (unpaired) electrons. The highest BCUT2D eigenvalue weighted by atomic mass is 32.2. The Morgan fingerprint density at radius 2 is 1.82 bits per heavy atom. The van der Waals surface area contributed by atoms with Gasteiger partial charge in [0.15, 0.2) is 0 Å². The minimum atomic E-state index is -3.77. The molecule has 0 N–H and O–H groups in total. The Bertz CT molecular complexity index is 910. The summed E-state index contributed by atoms with van der Waals surface area (Å²) in [5.41, 5.74) is 0.800. The average molecular weight is 398 g/mol. The van der Waals surface area contributed by atoms with E-state index in [1.165, 1.54) is 4.31 Å². The Morgan fingerprint density at radius 3 is 2.39 bits per heavy atom. The fraction of sp³-hybridized carbons (Fsp3) is 0.455. The van der Waals surface area contributed by atoms with Crippen molar-refractivity contribution in [3.8, 4) is 12.1 Å². The Morgan fingerprint density at radius 1 is 1.18 bits per heavy atom. The third kappa shape index (κ3) is 5.10. The van der Waals surface area contributed by atoms with E-state index in [0.29, 0.717) is 18.4 Å². The van der Waals surface area contributed by atoms with E-state index in [9.17, 15) is 8.42 Å². The highest BCUT2D eigenvalue weighted by Crippen LogP contribution is 2.38. The van der Waals surface area contributed by atoms with Crippen molar-refractivity contribution in [3.05, 3.63) is 53.6 Å². The molecule has 1 aliphatic rings. The first-order chi connectivity index (χ1) is 13.4. The smallest absolute Gasteiger partial charge is 0.207 e. The van der Waals surface area contributed by atoms with Gasteiger partial charge in [0.05, 0.1) is 29.0 Å². The van der Waals surface area contributed by atoms with Crippen molar-refractivity contribution >= 4 is 10.0 Å². The molecule has 0 saturated heterocycles. The number of allylic oxidation sites excluding steroid dienone is 2. The molecular weight excluding hydrogens is 370 g/mol. The van der Waals surface area contributed by atoms with Crippen LogP contribution in [-0.4, -0.2) is 24.8 Å². The monoisotopic (exact) mass is 397 g/mol. The second kappa shape index (κ2) is 9.68. The van der Waals surface area contributed by atoms with Crippen LogP contribution in [0.4, 0.5) is 0 Å². The maximum Gasteiger partial charge on any atom is 0.244 e. The van der Waals surface area contributed by atoms with E-state index in [4.69, 9.17) is 10.5 Å². The lowest BCUT2D eigenvalue weighted by Crippen LogP contribution is -2.51. The summed E-state index contributed by atoms with van der Waals surface area (Å²) in [6, 6.07) is 11.0. The molecule has 0 atom stereocenters. The first-order valence-electron chi connectivity index (χ1n) is 9.57. The maximum atomic E-state index is 13.6. The highest BCUT2D eigenvalue weighted by molar-refractivity contribution is 7.89. The highest BCUT2D eigenvalue weighted by Gasteiger charge is 2.42. The molecule has 1 aromatic carbocycles. The zero-order valence-corrected chi connectivity index (χ0v) is 17.4. The maximum absolute atomic E-state index is 13.6. The van der Waals surface area contributed by atoms with E-state index < -0.39 is 15.6 Å². The van der Waals surface area contributed by atoms with Crippen molar-refractivity contribution in [2.45, 2.75) is 62.8 Å². The summed E-state index contributed by atoms with van der Waals surface area (Å²) < 4.78 is 28.7. The number of nitrogens with zero attached hydrogens (tertiary/aromatic N) is 3. The third-order valence-electron chi connectivity index (χ3n) is 5.20. The molecule has 1 aliphatic carbocycles. The predicted octanol–water partition coefficient (Wildman–Crippen LogP) is 4.63. The number of nitriles is 2. The van der Waals surface area contributed by atoms with E-state index in [-0.39, 0.29) is 17.9 Å². The molecule has 0 aromatic heterocycles. The van der Waals surface area contributed by atoms with Gasteiger partial charge in [-0.3, -0.25) is 0 Å². The molecule has 5 nitrogen and oxygen atoms in total. The van der Waals surface area contributed by atoms with Gasteiger partial charge >= 0.3 is 0 Å². The number of rotatable bonds is 7. The third-order valence-corrected chi connectivity index (χ3v) is 7.16. The number of hydrogen-bond acceptors (Lipinski definition) is 4. The predicted molar refractivity (Wildman–Crippen MR) is 110 cm³/mol. The molecule has 1 fully saturated rings. The molecule has 0 amide bonds. The van der Waals surface area contributed by atoms with Crippen molar-refractivity contribution in [1.82, 2.24) is 4.31 Å². The number of benzene rings is 1. The summed E-state index contributed by atoms with van der Waals surface area (Å²) >= 11 is 0. The second-order valence-electron chi connectivity index (χ2n) is 7.28. The van der Waals surface area contributed by atoms with Crippen LogP contribution in [0.15, 0.2) is 53.0 Å². The van der Waals surface area contributed by atoms with Gasteiger partial charge in [-0.15, -0.1) is 0 Å². The van der Waals surface area contributed by atoms with Crippen molar-refractivity contribution < 1.29 is 8.42 Å². The molecule has 1 saturated carbocycles. The van der Waals surface area contributed by atoms with Crippen molar-refractivity contribution in [2.24, 2.45) is 0 Å². The second-order valence-corrected chi connectivity index (χ2v) is 9.14. The van der Waals surface area contributed by atoms with E-state index >= 15 is 0 Å². The summed E-state index contributed by atoms with van der Waals surface area (Å²) in [4.78, 5) is 0.250. The Kier molecular flexibility index (Phi) is 7.57. The van der Waals surface area contributed by atoms with Crippen LogP contribution in [0.25, 0.3) is 0 Å². The molecule has 0 spiro atoms. The number of hydrogen-bond donors (Lipinski definition) is 0. The molecule has 28 heavy (non-hydrogen) atoms. The first kappa shape index (κ1) is 21.9. The Labute approximate surface area is 168 Å². The van der Waals surface area contributed by atoms with Gasteiger partial charge in [-0.05, 0) is 38.8 Å². The van der Waals surface area contributed by atoms with E-state index in [1.54, 1.807) is 43.3 Å². The van der Waals surface area contributed by atoms with Crippen LogP contribution >= 0.6 is 0 Å². The van der Waals surface area contributed by atoms with Crippen LogP contribution in [-0.2, 0) is 10.0 Å². The average Bonchev–Trinajstić information content (AvgIpc) is 2.69. The van der Waals surface area contributed by atoms with Gasteiger partial charge in [0.25, 0.3) is 0 Å². The van der Waals surface area contributed by atoms with E-state index in [1.807, 2.05) is 13.0 Å². The van der Waals surface area contributed by atoms with Crippen LogP contribution in [0.1, 0.15) is 51.0 Å². The normalized spacial score (nSPS) is 17.4. The van der Waals surface area contributed by atoms with Crippen molar-refractivity contribution in [3.63, 3.8) is 0 Å². The van der Waals surface area contributed by atoms with Gasteiger partial charge in [0.1, 0.15) is 0 Å². The molecule has 6 heteroatoms. The lowest BCUT2D eigenvalue weighted by molar-refractivity contribution is 0.190. The van der Waals surface area contributed by atoms with E-state index in [2.05, 4.69) is 12.1 Å². The summed E-state index contributed by atoms with van der Waals surface area (Å²) in [7, 11) is -3.77. The van der Waals surface area contributed by atoms with Gasteiger partial charge in [-0.2, -0.15) is 14.8 Å². The fourth-order valence-electron chi connectivity index (χ4n) is 3.62. The summed E-state index contributed by atoms with van der Waals surface area (Å²) in [6.07, 6.45) is 9.92. The van der Waals surface area contributed by atoms with Gasteiger partial charge < -0.3 is 0 Å². The van der Waals surface area contributed by atoms with Gasteiger partial charge in [-0.1, -0.05) is 55.2 Å². The van der Waals surface area contributed by atoms with Gasteiger partial charge in [0.2, 0.25) is 10.0 Å². The molecule has 1 aromatic rings. The van der Waals surface area contributed by atoms with E-state index in [0.717, 1.165) is 24.8 Å². The summed E-state index contributed by atoms with van der Waals surface area (Å²) in [6.45, 7) is 3.72. The first-order valence-corrected chi connectivity index (χ1v) is 11.0.